The van der Waals surface area contributed by atoms with Crippen molar-refractivity contribution in [2.75, 3.05) is 0 Å². The first-order chi connectivity index (χ1) is 10.1. The van der Waals surface area contributed by atoms with Crippen molar-refractivity contribution < 1.29 is 13.6 Å². The molecule has 1 heterocycles. The van der Waals surface area contributed by atoms with E-state index >= 15 is 0 Å². The first kappa shape index (κ1) is 13.5. The van der Waals surface area contributed by atoms with Gasteiger partial charge in [-0.3, -0.25) is 4.79 Å². The number of carbonyl (C=O) groups excluding carboxylic acids is 1. The zero-order chi connectivity index (χ0) is 14.8. The maximum atomic E-state index is 13.6. The Bertz CT molecular complexity index is 799. The minimum absolute atomic E-state index is 0.108. The zero-order valence-electron chi connectivity index (χ0n) is 10.6. The molecular weight excluding hydrogens is 295 g/mol. The van der Waals surface area contributed by atoms with Crippen LogP contribution in [0.25, 0.3) is 11.5 Å². The van der Waals surface area contributed by atoms with E-state index in [1.807, 2.05) is 0 Å². The molecule has 3 aromatic rings. The summed E-state index contributed by atoms with van der Waals surface area (Å²) >= 11 is 5.79. The highest BCUT2D eigenvalue weighted by molar-refractivity contribution is 6.30. The first-order valence-corrected chi connectivity index (χ1v) is 6.41. The van der Waals surface area contributed by atoms with Crippen LogP contribution in [0.2, 0.25) is 5.02 Å². The Hall–Kier alpha value is -2.53. The second-order valence-corrected chi connectivity index (χ2v) is 4.66. The Morgan fingerprint density at radius 1 is 1.05 bits per heavy atom. The van der Waals surface area contributed by atoms with Crippen molar-refractivity contribution in [1.82, 2.24) is 10.2 Å². The van der Waals surface area contributed by atoms with Crippen LogP contribution in [0.3, 0.4) is 0 Å². The van der Waals surface area contributed by atoms with Crippen molar-refractivity contribution in [3.63, 3.8) is 0 Å². The second-order valence-electron chi connectivity index (χ2n) is 4.23. The van der Waals surface area contributed by atoms with Gasteiger partial charge in [0.25, 0.3) is 11.7 Å². The molecule has 2 aromatic carbocycles. The van der Waals surface area contributed by atoms with Crippen molar-refractivity contribution in [1.29, 1.82) is 0 Å². The maximum Gasteiger partial charge on any atom is 0.289 e. The molecule has 0 radical (unpaired) electrons. The van der Waals surface area contributed by atoms with Crippen molar-refractivity contribution in [2.45, 2.75) is 0 Å². The quantitative estimate of drug-likeness (QED) is 0.691. The summed E-state index contributed by atoms with van der Waals surface area (Å²) < 4.78 is 18.9. The lowest BCUT2D eigenvalue weighted by molar-refractivity contribution is 0.0999. The predicted octanol–water partition coefficient (Wildman–Crippen LogP) is 3.76. The van der Waals surface area contributed by atoms with E-state index in [0.29, 0.717) is 10.6 Å². The SMILES string of the molecule is O=C(c1nnc(-c2ccc(Cl)cc2)o1)c1ccccc1F. The van der Waals surface area contributed by atoms with Gasteiger partial charge in [-0.05, 0) is 36.4 Å². The number of hydrogen-bond donors (Lipinski definition) is 0. The number of carbonyl (C=O) groups is 1. The van der Waals surface area contributed by atoms with Gasteiger partial charge in [-0.25, -0.2) is 4.39 Å². The lowest BCUT2D eigenvalue weighted by Crippen LogP contribution is -2.04. The zero-order valence-corrected chi connectivity index (χ0v) is 11.3. The molecule has 4 nitrogen and oxygen atoms in total. The highest BCUT2D eigenvalue weighted by atomic mass is 35.5. The highest BCUT2D eigenvalue weighted by Crippen LogP contribution is 2.21. The van der Waals surface area contributed by atoms with Crippen molar-refractivity contribution >= 4 is 17.4 Å². The fourth-order valence-corrected chi connectivity index (χ4v) is 1.91. The molecule has 1 aromatic heterocycles. The van der Waals surface area contributed by atoms with Gasteiger partial charge in [-0.2, -0.15) is 0 Å². The molecule has 0 amide bonds. The van der Waals surface area contributed by atoms with E-state index in [4.69, 9.17) is 16.0 Å². The highest BCUT2D eigenvalue weighted by Gasteiger charge is 2.20. The fraction of sp³-hybridized carbons (Fsp3) is 0. The van der Waals surface area contributed by atoms with Gasteiger partial charge in [0, 0.05) is 10.6 Å². The van der Waals surface area contributed by atoms with Crippen LogP contribution < -0.4 is 0 Å². The summed E-state index contributed by atoms with van der Waals surface area (Å²) in [4.78, 5) is 12.1. The van der Waals surface area contributed by atoms with Gasteiger partial charge >= 0.3 is 0 Å². The van der Waals surface area contributed by atoms with Gasteiger partial charge in [0.05, 0.1) is 5.56 Å². The standard InChI is InChI=1S/C15H8ClFN2O2/c16-10-7-5-9(6-8-10)14-18-19-15(21-14)13(20)11-3-1-2-4-12(11)17/h1-8H. The maximum absolute atomic E-state index is 13.6. The molecule has 0 N–H and O–H groups in total. The monoisotopic (exact) mass is 302 g/mol. The summed E-state index contributed by atoms with van der Waals surface area (Å²) in [5, 5.41) is 8.03. The number of nitrogens with zero attached hydrogens (tertiary/aromatic N) is 2. The summed E-state index contributed by atoms with van der Waals surface area (Å²) in [6.07, 6.45) is 0. The molecule has 0 unspecified atom stereocenters. The molecule has 0 saturated heterocycles. The predicted molar refractivity (Wildman–Crippen MR) is 74.6 cm³/mol. The topological polar surface area (TPSA) is 56.0 Å². The summed E-state index contributed by atoms with van der Waals surface area (Å²) in [5.41, 5.74) is 0.517. The van der Waals surface area contributed by atoms with Crippen LogP contribution in [-0.2, 0) is 0 Å². The number of benzene rings is 2. The molecule has 0 aliphatic carbocycles. The minimum Gasteiger partial charge on any atom is -0.413 e. The van der Waals surface area contributed by atoms with Crippen LogP contribution in [0.1, 0.15) is 16.2 Å². The van der Waals surface area contributed by atoms with E-state index < -0.39 is 11.6 Å². The van der Waals surface area contributed by atoms with Crippen LogP contribution in [0.5, 0.6) is 0 Å². The summed E-state index contributed by atoms with van der Waals surface area (Å²) in [5.74, 6) is -1.37. The number of hydrogen-bond acceptors (Lipinski definition) is 4. The van der Waals surface area contributed by atoms with Gasteiger partial charge in [-0.15, -0.1) is 10.2 Å². The van der Waals surface area contributed by atoms with Crippen molar-refractivity contribution in [3.8, 4) is 11.5 Å². The largest absolute Gasteiger partial charge is 0.413 e. The average Bonchev–Trinajstić information content (AvgIpc) is 2.98. The Morgan fingerprint density at radius 2 is 1.76 bits per heavy atom. The third-order valence-electron chi connectivity index (χ3n) is 2.83. The molecule has 0 aliphatic rings. The van der Waals surface area contributed by atoms with Gasteiger partial charge in [0.2, 0.25) is 5.89 Å². The Kier molecular flexibility index (Phi) is 3.50. The summed E-state index contributed by atoms with van der Waals surface area (Å²) in [6.45, 7) is 0. The van der Waals surface area contributed by atoms with Gasteiger partial charge < -0.3 is 4.42 Å². The van der Waals surface area contributed by atoms with Crippen LogP contribution >= 0.6 is 11.6 Å². The molecule has 21 heavy (non-hydrogen) atoms. The van der Waals surface area contributed by atoms with Gasteiger partial charge in [0.1, 0.15) is 5.82 Å². The van der Waals surface area contributed by atoms with Gasteiger partial charge in [0.15, 0.2) is 0 Å². The van der Waals surface area contributed by atoms with Gasteiger partial charge in [-0.1, -0.05) is 23.7 Å². The number of rotatable bonds is 3. The first-order valence-electron chi connectivity index (χ1n) is 6.04. The Labute approximate surface area is 124 Å². The van der Waals surface area contributed by atoms with E-state index in [1.165, 1.54) is 18.2 Å². The average molecular weight is 303 g/mol. The van der Waals surface area contributed by atoms with E-state index in [-0.39, 0.29) is 17.3 Å². The molecule has 0 aliphatic heterocycles. The van der Waals surface area contributed by atoms with Crippen molar-refractivity contribution in [3.05, 3.63) is 70.8 Å². The summed E-state index contributed by atoms with van der Waals surface area (Å²) in [6, 6.07) is 12.3. The van der Waals surface area contributed by atoms with E-state index in [9.17, 15) is 9.18 Å². The number of ketones is 1. The van der Waals surface area contributed by atoms with Crippen LogP contribution in [-0.4, -0.2) is 16.0 Å². The summed E-state index contributed by atoms with van der Waals surface area (Å²) in [7, 11) is 0. The normalized spacial score (nSPS) is 10.6. The Morgan fingerprint density at radius 3 is 2.48 bits per heavy atom. The second kappa shape index (κ2) is 5.46. The fourth-order valence-electron chi connectivity index (χ4n) is 1.78. The number of halogens is 2. The lowest BCUT2D eigenvalue weighted by atomic mass is 10.1. The van der Waals surface area contributed by atoms with E-state index in [2.05, 4.69) is 10.2 Å². The molecule has 3 rings (SSSR count). The van der Waals surface area contributed by atoms with E-state index in [1.54, 1.807) is 30.3 Å². The molecule has 104 valence electrons. The molecule has 0 saturated carbocycles. The molecule has 0 spiro atoms. The van der Waals surface area contributed by atoms with Crippen LogP contribution in [0.4, 0.5) is 4.39 Å². The molecule has 0 bridgehead atoms. The third kappa shape index (κ3) is 2.68. The molecular formula is C15H8ClFN2O2. The molecule has 6 heteroatoms. The minimum atomic E-state index is -0.652. The van der Waals surface area contributed by atoms with E-state index in [0.717, 1.165) is 0 Å². The number of aromatic nitrogens is 2. The van der Waals surface area contributed by atoms with Crippen LogP contribution in [0, 0.1) is 5.82 Å². The third-order valence-corrected chi connectivity index (χ3v) is 3.08. The Balaban J connectivity index is 1.93. The lowest BCUT2D eigenvalue weighted by Gasteiger charge is -1.97. The smallest absolute Gasteiger partial charge is 0.289 e. The molecule has 0 fully saturated rings. The van der Waals surface area contributed by atoms with Crippen molar-refractivity contribution in [2.24, 2.45) is 0 Å². The van der Waals surface area contributed by atoms with Crippen LogP contribution in [0.15, 0.2) is 52.9 Å². The molecule has 0 atom stereocenters.